The van der Waals surface area contributed by atoms with Crippen molar-refractivity contribution in [1.82, 2.24) is 9.80 Å². The second-order valence-electron chi connectivity index (χ2n) is 6.12. The highest BCUT2D eigenvalue weighted by Gasteiger charge is 2.20. The monoisotopic (exact) mass is 292 g/mol. The summed E-state index contributed by atoms with van der Waals surface area (Å²) in [6.45, 7) is 4.75. The molecule has 2 rings (SSSR count). The van der Waals surface area contributed by atoms with Crippen molar-refractivity contribution in [1.29, 1.82) is 0 Å². The van der Waals surface area contributed by atoms with Crippen molar-refractivity contribution in [3.8, 4) is 11.5 Å². The summed E-state index contributed by atoms with van der Waals surface area (Å²) in [6, 6.07) is 6.19. The molecule has 21 heavy (non-hydrogen) atoms. The summed E-state index contributed by atoms with van der Waals surface area (Å²) in [5, 5.41) is 0. The maximum Gasteiger partial charge on any atom is 0.160 e. The predicted octanol–water partition coefficient (Wildman–Crippen LogP) is 2.13. The van der Waals surface area contributed by atoms with Gasteiger partial charge in [0.1, 0.15) is 0 Å². The van der Waals surface area contributed by atoms with Gasteiger partial charge in [-0.15, -0.1) is 0 Å². The van der Waals surface area contributed by atoms with Crippen LogP contribution in [0.15, 0.2) is 18.2 Å². The van der Waals surface area contributed by atoms with Crippen LogP contribution in [0.3, 0.4) is 0 Å². The van der Waals surface area contributed by atoms with Gasteiger partial charge in [0.2, 0.25) is 0 Å². The number of nitrogens with zero attached hydrogens (tertiary/aromatic N) is 2. The first-order valence-corrected chi connectivity index (χ1v) is 7.70. The lowest BCUT2D eigenvalue weighted by molar-refractivity contribution is 0.276. The van der Waals surface area contributed by atoms with E-state index in [2.05, 4.69) is 36.0 Å². The van der Waals surface area contributed by atoms with Crippen LogP contribution in [0.25, 0.3) is 0 Å². The van der Waals surface area contributed by atoms with Gasteiger partial charge in [-0.2, -0.15) is 0 Å². The van der Waals surface area contributed by atoms with E-state index in [0.717, 1.165) is 30.4 Å². The number of hydrogen-bond donors (Lipinski definition) is 0. The molecule has 0 spiro atoms. The molecule has 4 heteroatoms. The minimum Gasteiger partial charge on any atom is -0.493 e. The zero-order chi connectivity index (χ0) is 15.2. The van der Waals surface area contributed by atoms with Gasteiger partial charge in [-0.3, -0.25) is 0 Å². The Kier molecular flexibility index (Phi) is 5.88. The van der Waals surface area contributed by atoms with Crippen molar-refractivity contribution >= 4 is 0 Å². The Hall–Kier alpha value is -1.26. The van der Waals surface area contributed by atoms with Crippen molar-refractivity contribution in [2.24, 2.45) is 5.92 Å². The quantitative estimate of drug-likeness (QED) is 0.768. The SMILES string of the molecule is COc1ccc(CCN(C)C[C@H]2CCN(C)C2)cc1OC. The van der Waals surface area contributed by atoms with Gasteiger partial charge in [-0.1, -0.05) is 6.07 Å². The van der Waals surface area contributed by atoms with Crippen LogP contribution in [-0.4, -0.2) is 64.3 Å². The van der Waals surface area contributed by atoms with Crippen LogP contribution in [-0.2, 0) is 6.42 Å². The molecule has 1 heterocycles. The van der Waals surface area contributed by atoms with Gasteiger partial charge in [0.25, 0.3) is 0 Å². The second kappa shape index (κ2) is 7.66. The highest BCUT2D eigenvalue weighted by Crippen LogP contribution is 2.27. The standard InChI is InChI=1S/C17H28N2O2/c1-18(12-15-8-10-19(2)13-15)9-7-14-5-6-16(20-3)17(11-14)21-4/h5-6,11,15H,7-10,12-13H2,1-4H3/t15-/m1/s1. The molecule has 0 radical (unpaired) electrons. The lowest BCUT2D eigenvalue weighted by Gasteiger charge is -2.21. The molecule has 1 aromatic carbocycles. The van der Waals surface area contributed by atoms with E-state index in [1.807, 2.05) is 6.07 Å². The van der Waals surface area contributed by atoms with Gasteiger partial charge in [0, 0.05) is 19.6 Å². The largest absolute Gasteiger partial charge is 0.493 e. The van der Waals surface area contributed by atoms with Crippen molar-refractivity contribution < 1.29 is 9.47 Å². The Morgan fingerprint density at radius 1 is 1.24 bits per heavy atom. The van der Waals surface area contributed by atoms with Crippen LogP contribution in [0.5, 0.6) is 11.5 Å². The van der Waals surface area contributed by atoms with E-state index in [1.165, 1.54) is 31.6 Å². The van der Waals surface area contributed by atoms with Crippen LogP contribution >= 0.6 is 0 Å². The Bertz CT molecular complexity index is 450. The summed E-state index contributed by atoms with van der Waals surface area (Å²) in [7, 11) is 7.79. The Morgan fingerprint density at radius 2 is 2.00 bits per heavy atom. The molecule has 0 unspecified atom stereocenters. The third-order valence-electron chi connectivity index (χ3n) is 4.29. The maximum atomic E-state index is 5.36. The molecule has 1 aliphatic heterocycles. The van der Waals surface area contributed by atoms with E-state index in [9.17, 15) is 0 Å². The molecule has 1 saturated heterocycles. The second-order valence-corrected chi connectivity index (χ2v) is 6.12. The molecule has 1 atom stereocenters. The zero-order valence-electron chi connectivity index (χ0n) is 13.8. The van der Waals surface area contributed by atoms with E-state index >= 15 is 0 Å². The first-order chi connectivity index (χ1) is 10.1. The number of methoxy groups -OCH3 is 2. The molecule has 0 aromatic heterocycles. The van der Waals surface area contributed by atoms with Crippen LogP contribution in [0.2, 0.25) is 0 Å². The lowest BCUT2D eigenvalue weighted by Crippen LogP contribution is -2.29. The lowest BCUT2D eigenvalue weighted by atomic mass is 10.1. The van der Waals surface area contributed by atoms with Crippen LogP contribution in [0.1, 0.15) is 12.0 Å². The number of likely N-dealkylation sites (N-methyl/N-ethyl adjacent to an activating group) is 1. The number of benzene rings is 1. The molecule has 1 fully saturated rings. The normalized spacial score (nSPS) is 19.2. The predicted molar refractivity (Wildman–Crippen MR) is 86.4 cm³/mol. The molecule has 0 amide bonds. The van der Waals surface area contributed by atoms with Crippen molar-refractivity contribution in [2.45, 2.75) is 12.8 Å². The van der Waals surface area contributed by atoms with Gasteiger partial charge in [0.05, 0.1) is 14.2 Å². The molecule has 118 valence electrons. The number of hydrogen-bond acceptors (Lipinski definition) is 4. The third kappa shape index (κ3) is 4.61. The van der Waals surface area contributed by atoms with Gasteiger partial charge < -0.3 is 19.3 Å². The molecule has 1 aliphatic rings. The first kappa shape index (κ1) is 16.1. The first-order valence-electron chi connectivity index (χ1n) is 7.70. The molecule has 1 aromatic rings. The topological polar surface area (TPSA) is 24.9 Å². The van der Waals surface area contributed by atoms with E-state index in [4.69, 9.17) is 9.47 Å². The summed E-state index contributed by atoms with van der Waals surface area (Å²) in [5.74, 6) is 2.43. The van der Waals surface area contributed by atoms with E-state index in [-0.39, 0.29) is 0 Å². The van der Waals surface area contributed by atoms with Crippen molar-refractivity contribution in [2.75, 3.05) is 54.5 Å². The summed E-state index contributed by atoms with van der Waals surface area (Å²) >= 11 is 0. The summed E-state index contributed by atoms with van der Waals surface area (Å²) in [4.78, 5) is 4.87. The maximum absolute atomic E-state index is 5.36. The average molecular weight is 292 g/mol. The fourth-order valence-electron chi connectivity index (χ4n) is 3.06. The number of rotatable bonds is 7. The van der Waals surface area contributed by atoms with Crippen LogP contribution in [0.4, 0.5) is 0 Å². The van der Waals surface area contributed by atoms with Gasteiger partial charge in [-0.25, -0.2) is 0 Å². The number of likely N-dealkylation sites (tertiary alicyclic amines) is 1. The third-order valence-corrected chi connectivity index (χ3v) is 4.29. The highest BCUT2D eigenvalue weighted by atomic mass is 16.5. The number of ether oxygens (including phenoxy) is 2. The molecule has 0 bridgehead atoms. The minimum absolute atomic E-state index is 0.795. The van der Waals surface area contributed by atoms with Crippen molar-refractivity contribution in [3.05, 3.63) is 23.8 Å². The molecular weight excluding hydrogens is 264 g/mol. The van der Waals surface area contributed by atoms with Gasteiger partial charge in [-0.05, 0) is 57.1 Å². The van der Waals surface area contributed by atoms with Crippen LogP contribution < -0.4 is 9.47 Å². The Balaban J connectivity index is 1.82. The summed E-state index contributed by atoms with van der Waals surface area (Å²) < 4.78 is 10.6. The fraction of sp³-hybridized carbons (Fsp3) is 0.647. The molecule has 0 aliphatic carbocycles. The summed E-state index contributed by atoms with van der Waals surface area (Å²) in [5.41, 5.74) is 1.29. The van der Waals surface area contributed by atoms with Gasteiger partial charge in [0.15, 0.2) is 11.5 Å². The summed E-state index contributed by atoms with van der Waals surface area (Å²) in [6.07, 6.45) is 2.37. The zero-order valence-corrected chi connectivity index (χ0v) is 13.8. The van der Waals surface area contributed by atoms with E-state index in [1.54, 1.807) is 14.2 Å². The van der Waals surface area contributed by atoms with E-state index < -0.39 is 0 Å². The van der Waals surface area contributed by atoms with Crippen molar-refractivity contribution in [3.63, 3.8) is 0 Å². The van der Waals surface area contributed by atoms with E-state index in [0.29, 0.717) is 0 Å². The molecule has 4 nitrogen and oxygen atoms in total. The molecule has 0 N–H and O–H groups in total. The Morgan fingerprint density at radius 3 is 2.62 bits per heavy atom. The van der Waals surface area contributed by atoms with Crippen LogP contribution in [0, 0.1) is 5.92 Å². The fourth-order valence-corrected chi connectivity index (χ4v) is 3.06. The smallest absolute Gasteiger partial charge is 0.160 e. The minimum atomic E-state index is 0.795. The molecular formula is C17H28N2O2. The Labute approximate surface area is 128 Å². The molecule has 0 saturated carbocycles. The highest BCUT2D eigenvalue weighted by molar-refractivity contribution is 5.42. The van der Waals surface area contributed by atoms with Gasteiger partial charge >= 0.3 is 0 Å². The average Bonchev–Trinajstić information content (AvgIpc) is 2.89.